The van der Waals surface area contributed by atoms with Crippen LogP contribution in [0, 0.1) is 0 Å². The predicted octanol–water partition coefficient (Wildman–Crippen LogP) is 4.45. The van der Waals surface area contributed by atoms with E-state index < -0.39 is 0 Å². The lowest BCUT2D eigenvalue weighted by Crippen LogP contribution is -2.36. The SMILES string of the molecule is CC(C)c1nc2sc3c(c2c2nnc(SCC(=O)N4CCCCC4)n12)CCCC3. The molecular formula is C21H27N5OS2. The molecule has 1 aliphatic carbocycles. The molecule has 0 bridgehead atoms. The number of rotatable bonds is 4. The van der Waals surface area contributed by atoms with Gasteiger partial charge in [0.15, 0.2) is 10.8 Å². The van der Waals surface area contributed by atoms with E-state index in [0.29, 0.717) is 5.75 Å². The summed E-state index contributed by atoms with van der Waals surface area (Å²) in [6.45, 7) is 6.10. The standard InChI is InChI=1S/C21H27N5OS2/c1-13(2)18-22-20-17(14-8-4-5-9-15(14)29-20)19-23-24-21(26(18)19)28-12-16(27)25-10-6-3-7-11-25/h13H,3-12H2,1-2H3. The fourth-order valence-electron chi connectivity index (χ4n) is 4.49. The highest BCUT2D eigenvalue weighted by atomic mass is 32.2. The minimum Gasteiger partial charge on any atom is -0.342 e. The summed E-state index contributed by atoms with van der Waals surface area (Å²) in [5.74, 6) is 1.87. The molecule has 2 aliphatic rings. The summed E-state index contributed by atoms with van der Waals surface area (Å²) in [4.78, 5) is 22.3. The quantitative estimate of drug-likeness (QED) is 0.574. The number of carbonyl (C=O) groups is 1. The van der Waals surface area contributed by atoms with Crippen molar-refractivity contribution in [2.24, 2.45) is 0 Å². The van der Waals surface area contributed by atoms with E-state index in [0.717, 1.165) is 60.2 Å². The number of amides is 1. The average Bonchev–Trinajstić information content (AvgIpc) is 3.32. The molecule has 3 aromatic rings. The Morgan fingerprint density at radius 1 is 1.10 bits per heavy atom. The van der Waals surface area contributed by atoms with Crippen LogP contribution in [0.25, 0.3) is 15.9 Å². The van der Waals surface area contributed by atoms with Crippen molar-refractivity contribution >= 4 is 44.9 Å². The highest BCUT2D eigenvalue weighted by Crippen LogP contribution is 2.39. The van der Waals surface area contributed by atoms with Gasteiger partial charge in [0.25, 0.3) is 0 Å². The van der Waals surface area contributed by atoms with Crippen LogP contribution in [-0.2, 0) is 17.6 Å². The van der Waals surface area contributed by atoms with Crippen molar-refractivity contribution in [2.45, 2.75) is 69.9 Å². The molecule has 0 aromatic carbocycles. The number of nitrogens with zero attached hydrogens (tertiary/aromatic N) is 5. The van der Waals surface area contributed by atoms with Crippen molar-refractivity contribution in [1.29, 1.82) is 0 Å². The second-order valence-corrected chi connectivity index (χ2v) is 10.4. The lowest BCUT2D eigenvalue weighted by atomic mass is 9.97. The van der Waals surface area contributed by atoms with Crippen LogP contribution < -0.4 is 0 Å². The molecule has 29 heavy (non-hydrogen) atoms. The van der Waals surface area contributed by atoms with Gasteiger partial charge in [0.1, 0.15) is 10.7 Å². The number of piperidine rings is 1. The van der Waals surface area contributed by atoms with Gasteiger partial charge >= 0.3 is 0 Å². The molecule has 0 radical (unpaired) electrons. The van der Waals surface area contributed by atoms with Gasteiger partial charge in [-0.15, -0.1) is 21.5 Å². The minimum absolute atomic E-state index is 0.208. The maximum Gasteiger partial charge on any atom is 0.233 e. The normalized spacial score (nSPS) is 17.4. The van der Waals surface area contributed by atoms with Gasteiger partial charge in [-0.2, -0.15) is 0 Å². The van der Waals surface area contributed by atoms with Gasteiger partial charge in [0.05, 0.1) is 11.1 Å². The fourth-order valence-corrected chi connectivity index (χ4v) is 6.60. The first-order valence-corrected chi connectivity index (χ1v) is 12.5. The number of likely N-dealkylation sites (tertiary alicyclic amines) is 1. The Bertz CT molecular complexity index is 1060. The van der Waals surface area contributed by atoms with Gasteiger partial charge < -0.3 is 4.90 Å². The molecule has 0 unspecified atom stereocenters. The second-order valence-electron chi connectivity index (χ2n) is 8.39. The zero-order chi connectivity index (χ0) is 20.0. The number of hydrogen-bond donors (Lipinski definition) is 0. The number of thioether (sulfide) groups is 1. The molecule has 1 fully saturated rings. The monoisotopic (exact) mass is 429 g/mol. The van der Waals surface area contributed by atoms with Crippen molar-refractivity contribution in [3.8, 4) is 0 Å². The third kappa shape index (κ3) is 3.44. The number of hydrogen-bond acceptors (Lipinski definition) is 6. The molecule has 0 N–H and O–H groups in total. The van der Waals surface area contributed by atoms with E-state index in [1.165, 1.54) is 46.9 Å². The van der Waals surface area contributed by atoms with E-state index >= 15 is 0 Å². The number of thiophene rings is 1. The van der Waals surface area contributed by atoms with E-state index in [9.17, 15) is 4.79 Å². The Labute approximate surface area is 179 Å². The maximum atomic E-state index is 12.6. The molecule has 154 valence electrons. The van der Waals surface area contributed by atoms with Crippen LogP contribution in [0.3, 0.4) is 0 Å². The van der Waals surface area contributed by atoms with Crippen LogP contribution in [0.2, 0.25) is 0 Å². The summed E-state index contributed by atoms with van der Waals surface area (Å²) < 4.78 is 2.11. The summed E-state index contributed by atoms with van der Waals surface area (Å²) in [7, 11) is 0. The van der Waals surface area contributed by atoms with Crippen molar-refractivity contribution in [2.75, 3.05) is 18.8 Å². The van der Waals surface area contributed by atoms with Crippen LogP contribution in [0.1, 0.15) is 68.1 Å². The smallest absolute Gasteiger partial charge is 0.233 e. The second kappa shape index (κ2) is 7.87. The van der Waals surface area contributed by atoms with Crippen molar-refractivity contribution in [3.63, 3.8) is 0 Å². The van der Waals surface area contributed by atoms with E-state index in [1.807, 2.05) is 16.2 Å². The first kappa shape index (κ1) is 19.3. The van der Waals surface area contributed by atoms with Gasteiger partial charge in [0, 0.05) is 23.9 Å². The Balaban J connectivity index is 1.53. The topological polar surface area (TPSA) is 63.4 Å². The molecule has 1 aliphatic heterocycles. The van der Waals surface area contributed by atoms with Crippen molar-refractivity contribution < 1.29 is 4.79 Å². The lowest BCUT2D eigenvalue weighted by molar-refractivity contribution is -0.129. The third-order valence-electron chi connectivity index (χ3n) is 6.00. The number of fused-ring (bicyclic) bond motifs is 5. The molecule has 4 heterocycles. The highest BCUT2D eigenvalue weighted by molar-refractivity contribution is 7.99. The van der Waals surface area contributed by atoms with E-state index in [-0.39, 0.29) is 11.8 Å². The Morgan fingerprint density at radius 2 is 1.90 bits per heavy atom. The van der Waals surface area contributed by atoms with E-state index in [2.05, 4.69) is 28.4 Å². The Hall–Kier alpha value is -1.67. The lowest BCUT2D eigenvalue weighted by Gasteiger charge is -2.26. The maximum absolute atomic E-state index is 12.6. The zero-order valence-corrected chi connectivity index (χ0v) is 18.7. The zero-order valence-electron chi connectivity index (χ0n) is 17.1. The summed E-state index contributed by atoms with van der Waals surface area (Å²) in [6, 6.07) is 0. The van der Waals surface area contributed by atoms with Gasteiger partial charge in [-0.25, -0.2) is 4.98 Å². The molecule has 3 aromatic heterocycles. The van der Waals surface area contributed by atoms with Crippen molar-refractivity contribution in [1.82, 2.24) is 24.5 Å². The predicted molar refractivity (Wildman–Crippen MR) is 118 cm³/mol. The molecule has 6 nitrogen and oxygen atoms in total. The fraction of sp³-hybridized carbons (Fsp3) is 0.619. The first-order valence-electron chi connectivity index (χ1n) is 10.7. The van der Waals surface area contributed by atoms with E-state index in [1.54, 1.807) is 0 Å². The Morgan fingerprint density at radius 3 is 2.69 bits per heavy atom. The van der Waals surface area contributed by atoms with Gasteiger partial charge in [-0.1, -0.05) is 25.6 Å². The van der Waals surface area contributed by atoms with Crippen LogP contribution in [-0.4, -0.2) is 49.2 Å². The molecule has 5 rings (SSSR count). The molecule has 0 spiro atoms. The summed E-state index contributed by atoms with van der Waals surface area (Å²) in [5, 5.41) is 11.1. The van der Waals surface area contributed by atoms with Gasteiger partial charge in [-0.05, 0) is 50.5 Å². The minimum atomic E-state index is 0.208. The summed E-state index contributed by atoms with van der Waals surface area (Å²) in [5.41, 5.74) is 2.35. The number of aromatic nitrogens is 4. The van der Waals surface area contributed by atoms with Crippen LogP contribution in [0.4, 0.5) is 0 Å². The third-order valence-corrected chi connectivity index (χ3v) is 8.10. The summed E-state index contributed by atoms with van der Waals surface area (Å²) in [6.07, 6.45) is 8.22. The first-order chi connectivity index (χ1) is 14.1. The molecular weight excluding hydrogens is 402 g/mol. The Kier molecular flexibility index (Phi) is 5.24. The molecule has 0 atom stereocenters. The summed E-state index contributed by atoms with van der Waals surface area (Å²) >= 11 is 3.33. The van der Waals surface area contributed by atoms with Crippen LogP contribution >= 0.6 is 23.1 Å². The number of aryl methyl sites for hydroxylation is 2. The van der Waals surface area contributed by atoms with Gasteiger partial charge in [0.2, 0.25) is 5.91 Å². The highest BCUT2D eigenvalue weighted by Gasteiger charge is 2.25. The molecule has 8 heteroatoms. The molecule has 0 saturated carbocycles. The number of carbonyl (C=O) groups excluding carboxylic acids is 1. The van der Waals surface area contributed by atoms with E-state index in [4.69, 9.17) is 4.98 Å². The molecule has 1 amide bonds. The molecule has 1 saturated heterocycles. The van der Waals surface area contributed by atoms with Crippen LogP contribution in [0.5, 0.6) is 0 Å². The van der Waals surface area contributed by atoms with Crippen LogP contribution in [0.15, 0.2) is 5.16 Å². The van der Waals surface area contributed by atoms with Crippen molar-refractivity contribution in [3.05, 3.63) is 16.3 Å². The van der Waals surface area contributed by atoms with Gasteiger partial charge in [-0.3, -0.25) is 9.20 Å². The average molecular weight is 430 g/mol. The largest absolute Gasteiger partial charge is 0.342 e.